The smallest absolute Gasteiger partial charge is 0.295 e. The molecule has 10 N–H and O–H groups in total. The molecule has 0 fully saturated rings. The topological polar surface area (TPSA) is 504 Å². The zero-order valence-corrected chi connectivity index (χ0v) is 56.2. The third-order valence-corrected chi connectivity index (χ3v) is 19.1. The van der Waals surface area contributed by atoms with E-state index in [4.69, 9.17) is 42.3 Å². The van der Waals surface area contributed by atoms with Crippen LogP contribution >= 0.6 is 35.2 Å². The summed E-state index contributed by atoms with van der Waals surface area (Å²) in [5, 5.41) is 39.7. The summed E-state index contributed by atoms with van der Waals surface area (Å²) in [7, 11) is -21.9. The second-order valence-corrected chi connectivity index (χ2v) is 28.5. The van der Waals surface area contributed by atoms with E-state index in [9.17, 15) is 64.9 Å². The Morgan fingerprint density at radius 3 is 1.24 bits per heavy atom. The molecule has 8 aromatic carbocycles. The summed E-state index contributed by atoms with van der Waals surface area (Å²) in [6.07, 6.45) is 2.80. The van der Waals surface area contributed by atoms with Crippen LogP contribution in [0.2, 0.25) is 10.6 Å². The van der Waals surface area contributed by atoms with Crippen LogP contribution in [0.4, 0.5) is 69.3 Å². The zero-order chi connectivity index (χ0) is 70.8. The molecule has 0 aliphatic rings. The van der Waals surface area contributed by atoms with Gasteiger partial charge >= 0.3 is 0 Å². The standard InChI is InChI=1S/C56H44Cl2N14O20S6/c1-27-17-41(43(89-3)25-39(27)71-69-33-19-37-35(49(23-33)97(83,84)85)7-5-9-46(37)94(74,75)76)61-55-65-51(57)63-53(67-55)59-31-15-13-29(45(21-31)93-92-91-73)11-12-30-14-16-32(22-48(30)96(80,81)82)60-54-64-52(58)66-56(68-54)62-42-18-28(2)40(26-44(42)90-4)72-70-34-20-38-36(50(24-34)98(86,87)88)8-6-10-47(38)95(77,78)79/h5-26,73H,1-4H3,(H,74,75,76)(H,77,78,79)(H,80,81,82)(H,83,84,85)(H,86,87,88)(H2,59,61,63,65,67)(H2,60,62,64,66,68). The Bertz CT molecular complexity index is 5610. The van der Waals surface area contributed by atoms with Crippen molar-refractivity contribution in [2.75, 3.05) is 35.5 Å². The van der Waals surface area contributed by atoms with Crippen LogP contribution in [0, 0.1) is 13.8 Å². The lowest BCUT2D eigenvalue weighted by molar-refractivity contribution is -0.432. The van der Waals surface area contributed by atoms with Crippen LogP contribution < -0.4 is 30.7 Å². The molecule has 0 unspecified atom stereocenters. The predicted molar refractivity (Wildman–Crippen MR) is 356 cm³/mol. The van der Waals surface area contributed by atoms with Gasteiger partial charge in [0.05, 0.1) is 60.4 Å². The Morgan fingerprint density at radius 2 is 0.837 bits per heavy atom. The fourth-order valence-corrected chi connectivity index (χ4v) is 13.8. The molecule has 0 atom stereocenters. The van der Waals surface area contributed by atoms with Crippen LogP contribution in [0.3, 0.4) is 0 Å². The fourth-order valence-electron chi connectivity index (χ4n) is 9.39. The number of nitrogens with one attached hydrogen (secondary N) is 4. The van der Waals surface area contributed by atoms with Crippen molar-refractivity contribution in [3.63, 3.8) is 0 Å². The van der Waals surface area contributed by atoms with Crippen LogP contribution in [-0.4, -0.2) is 114 Å². The first-order valence-corrected chi connectivity index (χ1v) is 35.6. The SMILES string of the molecule is COc1cc(N=Nc2cc(S(=O)(=O)O)c3cccc(S(=O)(=O)O)c3c2)c(C)cc1Nc1nc(Cl)nc(Nc2ccc(C=Cc3ccc(Nc4nc(Cl)nc(Nc5cc(C)c(N=Nc6cc(S(=O)(=O)O)c7cccc(S(=O)(=O)O)c7c6)cc5OC)n4)cc3S(=O)(=O)O)c(SOOO)c2)n1. The lowest BCUT2D eigenvalue weighted by Gasteiger charge is -2.14. The first-order chi connectivity index (χ1) is 46.1. The highest BCUT2D eigenvalue weighted by molar-refractivity contribution is 7.94. The van der Waals surface area contributed by atoms with Gasteiger partial charge in [-0.3, -0.25) is 22.8 Å². The minimum absolute atomic E-state index is 0.0221. The largest absolute Gasteiger partial charge is 0.494 e. The highest BCUT2D eigenvalue weighted by Gasteiger charge is 2.25. The van der Waals surface area contributed by atoms with Gasteiger partial charge in [0.25, 0.3) is 50.6 Å². The number of hydrogen-bond donors (Lipinski definition) is 10. The van der Waals surface area contributed by atoms with E-state index in [1.165, 1.54) is 81.0 Å². The van der Waals surface area contributed by atoms with Crippen LogP contribution in [0.5, 0.6) is 11.5 Å². The summed E-state index contributed by atoms with van der Waals surface area (Å²) in [4.78, 5) is 22.2. The molecule has 0 spiro atoms. The van der Waals surface area contributed by atoms with Crippen molar-refractivity contribution in [3.8, 4) is 11.5 Å². The van der Waals surface area contributed by atoms with Crippen molar-refractivity contribution < 1.29 is 89.0 Å². The number of benzene rings is 8. The van der Waals surface area contributed by atoms with E-state index >= 15 is 0 Å². The monoisotopic (exact) mass is 1490 g/mol. The second kappa shape index (κ2) is 28.5. The van der Waals surface area contributed by atoms with Crippen LogP contribution in [-0.2, 0) is 60.0 Å². The van der Waals surface area contributed by atoms with Crippen molar-refractivity contribution in [1.82, 2.24) is 29.9 Å². The number of nitrogens with zero attached hydrogens (tertiary/aromatic N) is 10. The molecule has 10 aromatic rings. The molecule has 98 heavy (non-hydrogen) atoms. The fraction of sp³-hybridized carbons (Fsp3) is 0.0714. The predicted octanol–water partition coefficient (Wildman–Crippen LogP) is 12.9. The number of ether oxygens (including phenoxy) is 2. The van der Waals surface area contributed by atoms with Crippen LogP contribution in [0.15, 0.2) is 171 Å². The molecule has 2 aromatic heterocycles. The van der Waals surface area contributed by atoms with E-state index in [1.54, 1.807) is 38.1 Å². The molecule has 0 bridgehead atoms. The summed E-state index contributed by atoms with van der Waals surface area (Å²) in [6, 6.07) is 25.6. The number of aromatic nitrogens is 6. The van der Waals surface area contributed by atoms with Gasteiger partial charge in [-0.15, -0.1) is 4.33 Å². The minimum atomic E-state index is -4.96. The van der Waals surface area contributed by atoms with E-state index in [0.29, 0.717) is 34.4 Å². The highest BCUT2D eigenvalue weighted by atomic mass is 35.5. The number of aryl methyl sites for hydroxylation is 2. The van der Waals surface area contributed by atoms with Gasteiger partial charge in [0.2, 0.25) is 34.4 Å². The highest BCUT2D eigenvalue weighted by Crippen LogP contribution is 2.41. The van der Waals surface area contributed by atoms with Gasteiger partial charge in [0.15, 0.2) is 0 Å². The van der Waals surface area contributed by atoms with Crippen molar-refractivity contribution in [2.24, 2.45) is 20.5 Å². The lowest BCUT2D eigenvalue weighted by Crippen LogP contribution is -2.06. The molecule has 42 heteroatoms. The van der Waals surface area contributed by atoms with Crippen molar-refractivity contribution in [3.05, 3.63) is 154 Å². The van der Waals surface area contributed by atoms with Gasteiger partial charge in [-0.05, 0) is 132 Å². The molecular weight excluding hydrogens is 1450 g/mol. The van der Waals surface area contributed by atoms with Crippen molar-refractivity contribution in [2.45, 2.75) is 43.2 Å². The Labute approximate surface area is 568 Å². The average molecular weight is 1500 g/mol. The number of anilines is 8. The molecular formula is C56H44Cl2N14O20S6. The van der Waals surface area contributed by atoms with Gasteiger partial charge in [0.1, 0.15) is 36.0 Å². The normalized spacial score (nSPS) is 12.5. The maximum absolute atomic E-state index is 12.9. The molecule has 0 amide bonds. The summed E-state index contributed by atoms with van der Waals surface area (Å²) < 4.78 is 190. The number of hydrogen-bond acceptors (Lipinski definition) is 30. The molecule has 0 aliphatic carbocycles. The maximum atomic E-state index is 12.9. The van der Waals surface area contributed by atoms with E-state index in [0.717, 1.165) is 42.5 Å². The molecule has 0 radical (unpaired) electrons. The van der Waals surface area contributed by atoms with Gasteiger partial charge in [0, 0.05) is 49.9 Å². The Balaban J connectivity index is 0.845. The van der Waals surface area contributed by atoms with Crippen LogP contribution in [0.1, 0.15) is 22.3 Å². The van der Waals surface area contributed by atoms with Crippen molar-refractivity contribution >= 4 is 189 Å². The molecule has 2 heterocycles. The number of methoxy groups -OCH3 is 2. The number of rotatable bonds is 24. The maximum Gasteiger partial charge on any atom is 0.295 e. The molecule has 508 valence electrons. The first kappa shape index (κ1) is 71.2. The first-order valence-electron chi connectivity index (χ1n) is 26.9. The Morgan fingerprint density at radius 1 is 0.439 bits per heavy atom. The van der Waals surface area contributed by atoms with Crippen molar-refractivity contribution in [1.29, 1.82) is 0 Å². The quantitative estimate of drug-likeness (QED) is 0.00671. The molecule has 34 nitrogen and oxygen atoms in total. The molecule has 0 saturated heterocycles. The van der Waals surface area contributed by atoms with Crippen LogP contribution in [0.25, 0.3) is 33.7 Å². The zero-order valence-electron chi connectivity index (χ0n) is 49.8. The number of halogens is 2. The molecule has 0 aliphatic heterocycles. The number of fused-ring (bicyclic) bond motifs is 2. The Hall–Kier alpha value is -9.60. The molecule has 0 saturated carbocycles. The van der Waals surface area contributed by atoms with E-state index in [1.807, 2.05) is 0 Å². The summed E-state index contributed by atoms with van der Waals surface area (Å²) >= 11 is 13.2. The van der Waals surface area contributed by atoms with Gasteiger partial charge in [-0.2, -0.15) is 92.4 Å². The summed E-state index contributed by atoms with van der Waals surface area (Å²) in [5.74, 6) is -0.273. The second-order valence-electron chi connectivity index (χ2n) is 20.1. The lowest BCUT2D eigenvalue weighted by atomic mass is 10.1. The third kappa shape index (κ3) is 16.8. The van der Waals surface area contributed by atoms with E-state index in [-0.39, 0.29) is 118 Å². The van der Waals surface area contributed by atoms with Gasteiger partial charge < -0.3 is 30.7 Å². The minimum Gasteiger partial charge on any atom is -0.494 e. The summed E-state index contributed by atoms with van der Waals surface area (Å²) in [6.45, 7) is 3.26. The van der Waals surface area contributed by atoms with E-state index in [2.05, 4.69) is 76.7 Å². The third-order valence-electron chi connectivity index (χ3n) is 13.6. The Kier molecular flexibility index (Phi) is 20.7. The summed E-state index contributed by atoms with van der Waals surface area (Å²) in [5.41, 5.74) is 2.02. The van der Waals surface area contributed by atoms with Gasteiger partial charge in [-0.25, -0.2) is 5.26 Å². The molecule has 10 rings (SSSR count). The van der Waals surface area contributed by atoms with Gasteiger partial charge in [-0.1, -0.05) is 53.6 Å². The number of azo groups is 2. The average Bonchev–Trinajstić information content (AvgIpc) is 0.767. The van der Waals surface area contributed by atoms with E-state index < -0.39 is 75.1 Å².